The SMILES string of the molecule is COc1nccc(C(=O)N2CC[C@H](Oc3ccccc3)C2)n1. The van der Waals surface area contributed by atoms with Gasteiger partial charge >= 0.3 is 6.01 Å². The minimum atomic E-state index is -0.125. The first-order valence-corrected chi connectivity index (χ1v) is 7.14. The number of carbonyl (C=O) groups is 1. The highest BCUT2D eigenvalue weighted by molar-refractivity contribution is 5.92. The molecular formula is C16H17N3O3. The molecule has 0 unspecified atom stereocenters. The Hall–Kier alpha value is -2.63. The molecule has 2 heterocycles. The number of methoxy groups -OCH3 is 1. The van der Waals surface area contributed by atoms with Crippen LogP contribution in [0, 0.1) is 0 Å². The topological polar surface area (TPSA) is 64.5 Å². The smallest absolute Gasteiger partial charge is 0.316 e. The normalized spacial score (nSPS) is 17.3. The minimum Gasteiger partial charge on any atom is -0.489 e. The summed E-state index contributed by atoms with van der Waals surface area (Å²) in [7, 11) is 1.48. The fourth-order valence-corrected chi connectivity index (χ4v) is 2.42. The summed E-state index contributed by atoms with van der Waals surface area (Å²) in [5.74, 6) is 0.699. The molecule has 6 heteroatoms. The van der Waals surface area contributed by atoms with Crippen molar-refractivity contribution in [3.05, 3.63) is 48.3 Å². The Morgan fingerprint density at radius 1 is 1.27 bits per heavy atom. The number of rotatable bonds is 4. The predicted molar refractivity (Wildman–Crippen MR) is 80.0 cm³/mol. The number of hydrogen-bond donors (Lipinski definition) is 0. The first-order valence-electron chi connectivity index (χ1n) is 7.14. The standard InChI is InChI=1S/C16H17N3O3/c1-21-16-17-9-7-14(18-16)15(20)19-10-8-13(11-19)22-12-5-3-2-4-6-12/h2-7,9,13H,8,10-11H2,1H3/t13-/m0/s1. The quantitative estimate of drug-likeness (QED) is 0.861. The molecule has 2 aromatic rings. The molecular weight excluding hydrogens is 282 g/mol. The van der Waals surface area contributed by atoms with Crippen molar-refractivity contribution < 1.29 is 14.3 Å². The summed E-state index contributed by atoms with van der Waals surface area (Å²) in [5.41, 5.74) is 0.340. The molecule has 0 aliphatic carbocycles. The maximum absolute atomic E-state index is 12.4. The van der Waals surface area contributed by atoms with Gasteiger partial charge in [0.1, 0.15) is 17.5 Å². The molecule has 0 saturated carbocycles. The molecule has 1 fully saturated rings. The van der Waals surface area contributed by atoms with Crippen molar-refractivity contribution in [2.45, 2.75) is 12.5 Å². The first-order chi connectivity index (χ1) is 10.8. The molecule has 1 atom stereocenters. The van der Waals surface area contributed by atoms with Crippen LogP contribution in [-0.4, -0.2) is 47.1 Å². The van der Waals surface area contributed by atoms with Gasteiger partial charge in [-0.15, -0.1) is 0 Å². The fourth-order valence-electron chi connectivity index (χ4n) is 2.42. The van der Waals surface area contributed by atoms with E-state index >= 15 is 0 Å². The van der Waals surface area contributed by atoms with E-state index in [1.54, 1.807) is 11.0 Å². The Balaban J connectivity index is 1.63. The van der Waals surface area contributed by atoms with E-state index in [0.29, 0.717) is 18.8 Å². The van der Waals surface area contributed by atoms with Crippen LogP contribution in [0.3, 0.4) is 0 Å². The Labute approximate surface area is 128 Å². The minimum absolute atomic E-state index is 0.00934. The third-order valence-electron chi connectivity index (χ3n) is 3.51. The largest absolute Gasteiger partial charge is 0.489 e. The number of carbonyl (C=O) groups excluding carboxylic acids is 1. The van der Waals surface area contributed by atoms with Gasteiger partial charge in [-0.1, -0.05) is 18.2 Å². The summed E-state index contributed by atoms with van der Waals surface area (Å²) in [6, 6.07) is 11.4. The van der Waals surface area contributed by atoms with E-state index in [0.717, 1.165) is 12.2 Å². The molecule has 22 heavy (non-hydrogen) atoms. The molecule has 6 nitrogen and oxygen atoms in total. The third kappa shape index (κ3) is 3.16. The van der Waals surface area contributed by atoms with Gasteiger partial charge in [-0.3, -0.25) is 4.79 Å². The van der Waals surface area contributed by atoms with Crippen LogP contribution in [0.4, 0.5) is 0 Å². The number of likely N-dealkylation sites (tertiary alicyclic amines) is 1. The molecule has 0 spiro atoms. The van der Waals surface area contributed by atoms with E-state index in [9.17, 15) is 4.79 Å². The van der Waals surface area contributed by atoms with Gasteiger partial charge in [0.05, 0.1) is 13.7 Å². The van der Waals surface area contributed by atoms with Crippen molar-refractivity contribution in [2.75, 3.05) is 20.2 Å². The van der Waals surface area contributed by atoms with E-state index in [1.807, 2.05) is 30.3 Å². The van der Waals surface area contributed by atoms with Gasteiger partial charge < -0.3 is 14.4 Å². The van der Waals surface area contributed by atoms with Crippen LogP contribution in [-0.2, 0) is 0 Å². The zero-order chi connectivity index (χ0) is 15.4. The number of amides is 1. The van der Waals surface area contributed by atoms with Crippen LogP contribution in [0.25, 0.3) is 0 Å². The second-order valence-corrected chi connectivity index (χ2v) is 5.02. The van der Waals surface area contributed by atoms with Crippen LogP contribution in [0.15, 0.2) is 42.6 Å². The number of hydrogen-bond acceptors (Lipinski definition) is 5. The monoisotopic (exact) mass is 299 g/mol. The van der Waals surface area contributed by atoms with Crippen molar-refractivity contribution in [1.82, 2.24) is 14.9 Å². The lowest BCUT2D eigenvalue weighted by atomic mass is 10.3. The lowest BCUT2D eigenvalue weighted by Crippen LogP contribution is -2.31. The van der Waals surface area contributed by atoms with E-state index in [1.165, 1.54) is 13.3 Å². The second-order valence-electron chi connectivity index (χ2n) is 5.02. The number of ether oxygens (including phenoxy) is 2. The molecule has 0 bridgehead atoms. The number of para-hydroxylation sites is 1. The van der Waals surface area contributed by atoms with Crippen molar-refractivity contribution in [3.8, 4) is 11.8 Å². The number of benzene rings is 1. The molecule has 3 rings (SSSR count). The summed E-state index contributed by atoms with van der Waals surface area (Å²) < 4.78 is 10.8. The van der Waals surface area contributed by atoms with Crippen LogP contribution >= 0.6 is 0 Å². The summed E-state index contributed by atoms with van der Waals surface area (Å²) >= 11 is 0. The van der Waals surface area contributed by atoms with E-state index in [4.69, 9.17) is 9.47 Å². The van der Waals surface area contributed by atoms with Crippen LogP contribution in [0.1, 0.15) is 16.9 Å². The average Bonchev–Trinajstić information content (AvgIpc) is 3.03. The van der Waals surface area contributed by atoms with E-state index < -0.39 is 0 Å². The summed E-state index contributed by atoms with van der Waals surface area (Å²) in [6.07, 6.45) is 2.34. The average molecular weight is 299 g/mol. The van der Waals surface area contributed by atoms with E-state index in [-0.39, 0.29) is 18.0 Å². The number of aromatic nitrogens is 2. The molecule has 1 aromatic carbocycles. The van der Waals surface area contributed by atoms with Gasteiger partial charge in [-0.25, -0.2) is 4.98 Å². The van der Waals surface area contributed by atoms with Crippen LogP contribution in [0.2, 0.25) is 0 Å². The van der Waals surface area contributed by atoms with Crippen molar-refractivity contribution in [1.29, 1.82) is 0 Å². The molecule has 0 radical (unpaired) electrons. The van der Waals surface area contributed by atoms with Gasteiger partial charge in [0.2, 0.25) is 0 Å². The maximum atomic E-state index is 12.4. The molecule has 1 saturated heterocycles. The van der Waals surface area contributed by atoms with Gasteiger partial charge in [0.25, 0.3) is 5.91 Å². The van der Waals surface area contributed by atoms with Gasteiger partial charge in [-0.05, 0) is 18.2 Å². The van der Waals surface area contributed by atoms with Crippen LogP contribution < -0.4 is 9.47 Å². The lowest BCUT2D eigenvalue weighted by molar-refractivity contribution is 0.0765. The van der Waals surface area contributed by atoms with Crippen LogP contribution in [0.5, 0.6) is 11.8 Å². The zero-order valence-electron chi connectivity index (χ0n) is 12.3. The number of nitrogens with zero attached hydrogens (tertiary/aromatic N) is 3. The van der Waals surface area contributed by atoms with E-state index in [2.05, 4.69) is 9.97 Å². The molecule has 114 valence electrons. The van der Waals surface area contributed by atoms with Crippen molar-refractivity contribution in [3.63, 3.8) is 0 Å². The molecule has 0 N–H and O–H groups in total. The Morgan fingerprint density at radius 2 is 2.09 bits per heavy atom. The Kier molecular flexibility index (Phi) is 4.18. The summed E-state index contributed by atoms with van der Waals surface area (Å²) in [4.78, 5) is 22.2. The molecule has 1 amide bonds. The highest BCUT2D eigenvalue weighted by Crippen LogP contribution is 2.19. The van der Waals surface area contributed by atoms with Gasteiger partial charge in [-0.2, -0.15) is 4.98 Å². The first kappa shape index (κ1) is 14.3. The Morgan fingerprint density at radius 3 is 2.86 bits per heavy atom. The third-order valence-corrected chi connectivity index (χ3v) is 3.51. The maximum Gasteiger partial charge on any atom is 0.316 e. The fraction of sp³-hybridized carbons (Fsp3) is 0.312. The Bertz CT molecular complexity index is 648. The van der Waals surface area contributed by atoms with Gasteiger partial charge in [0, 0.05) is 19.2 Å². The highest BCUT2D eigenvalue weighted by atomic mass is 16.5. The highest BCUT2D eigenvalue weighted by Gasteiger charge is 2.29. The summed E-state index contributed by atoms with van der Waals surface area (Å²) in [6.45, 7) is 1.21. The van der Waals surface area contributed by atoms with Crippen molar-refractivity contribution >= 4 is 5.91 Å². The van der Waals surface area contributed by atoms with Gasteiger partial charge in [0.15, 0.2) is 0 Å². The zero-order valence-corrected chi connectivity index (χ0v) is 12.3. The molecule has 1 aliphatic rings. The second kappa shape index (κ2) is 6.43. The predicted octanol–water partition coefficient (Wildman–Crippen LogP) is 1.78. The molecule has 1 aromatic heterocycles. The molecule has 1 aliphatic heterocycles. The van der Waals surface area contributed by atoms with Crippen molar-refractivity contribution in [2.24, 2.45) is 0 Å². The lowest BCUT2D eigenvalue weighted by Gasteiger charge is -2.17. The summed E-state index contributed by atoms with van der Waals surface area (Å²) in [5, 5.41) is 0.